The van der Waals surface area contributed by atoms with Crippen LogP contribution in [0.2, 0.25) is 5.02 Å². The number of hydrogen-bond donors (Lipinski definition) is 2. The number of carbonyl (C=O) groups is 1. The summed E-state index contributed by atoms with van der Waals surface area (Å²) in [4.78, 5) is 15.6. The lowest BCUT2D eigenvalue weighted by atomic mass is 9.90. The van der Waals surface area contributed by atoms with Crippen molar-refractivity contribution in [2.45, 2.75) is 10.8 Å². The predicted molar refractivity (Wildman–Crippen MR) is 139 cm³/mol. The lowest BCUT2D eigenvalue weighted by Gasteiger charge is -2.19. The molecule has 0 spiro atoms. The van der Waals surface area contributed by atoms with Crippen molar-refractivity contribution in [1.29, 1.82) is 0 Å². The summed E-state index contributed by atoms with van der Waals surface area (Å²) in [5.41, 5.74) is 7.82. The van der Waals surface area contributed by atoms with Crippen molar-refractivity contribution in [2.75, 3.05) is 20.2 Å². The molecular formula is C25H24ClN5O4S. The zero-order chi connectivity index (χ0) is 25.7. The number of benzene rings is 3. The Morgan fingerprint density at radius 3 is 2.50 bits per heavy atom. The van der Waals surface area contributed by atoms with Gasteiger partial charge in [-0.15, -0.1) is 0 Å². The van der Waals surface area contributed by atoms with Crippen LogP contribution in [0.5, 0.6) is 5.75 Å². The van der Waals surface area contributed by atoms with Crippen molar-refractivity contribution in [1.82, 2.24) is 9.73 Å². The molecule has 0 aromatic heterocycles. The summed E-state index contributed by atoms with van der Waals surface area (Å²) in [7, 11) is -2.50. The van der Waals surface area contributed by atoms with Gasteiger partial charge in [0.2, 0.25) is 11.9 Å². The van der Waals surface area contributed by atoms with Gasteiger partial charge in [0.15, 0.2) is 0 Å². The van der Waals surface area contributed by atoms with Crippen LogP contribution in [0.15, 0.2) is 93.9 Å². The first-order valence-corrected chi connectivity index (χ1v) is 12.8. The SMILES string of the molecule is COc1ccc(C2=NN(C(=NCC(N)=O)NS(=O)(=O)c3cccc(Cl)c3)CC2c2ccccc2)cc1. The molecule has 0 aliphatic carbocycles. The van der Waals surface area contributed by atoms with E-state index >= 15 is 0 Å². The molecule has 0 bridgehead atoms. The maximum Gasteiger partial charge on any atom is 0.264 e. The van der Waals surface area contributed by atoms with Crippen molar-refractivity contribution in [3.8, 4) is 5.75 Å². The number of primary amides is 1. The standard InChI is InChI=1S/C25H24ClN5O4S/c1-35-20-12-10-18(11-13-20)24-22(17-6-3-2-4-7-17)16-31(29-24)25(28-15-23(27)32)30-36(33,34)21-9-5-8-19(26)14-21/h2-14,22H,15-16H2,1H3,(H2,27,32)(H,28,30). The number of nitrogens with zero attached hydrogens (tertiary/aromatic N) is 3. The predicted octanol–water partition coefficient (Wildman–Crippen LogP) is 2.97. The number of nitrogens with two attached hydrogens (primary N) is 1. The normalized spacial score (nSPS) is 15.9. The number of carbonyl (C=O) groups excluding carboxylic acids is 1. The number of halogens is 1. The van der Waals surface area contributed by atoms with Crippen LogP contribution in [0.3, 0.4) is 0 Å². The van der Waals surface area contributed by atoms with E-state index < -0.39 is 22.5 Å². The summed E-state index contributed by atoms with van der Waals surface area (Å²) in [6, 6.07) is 23.0. The Labute approximate surface area is 214 Å². The number of amides is 1. The molecule has 1 unspecified atom stereocenters. The van der Waals surface area contributed by atoms with Crippen LogP contribution in [-0.4, -0.2) is 51.2 Å². The van der Waals surface area contributed by atoms with Crippen molar-refractivity contribution in [2.24, 2.45) is 15.8 Å². The van der Waals surface area contributed by atoms with Crippen LogP contribution in [-0.2, 0) is 14.8 Å². The van der Waals surface area contributed by atoms with E-state index in [9.17, 15) is 13.2 Å². The fourth-order valence-corrected chi connectivity index (χ4v) is 5.06. The third-order valence-electron chi connectivity index (χ3n) is 5.46. The van der Waals surface area contributed by atoms with E-state index in [2.05, 4.69) is 9.71 Å². The molecule has 3 aromatic rings. The van der Waals surface area contributed by atoms with Crippen LogP contribution in [0.4, 0.5) is 0 Å². The Hall–Kier alpha value is -3.89. The Bertz CT molecular complexity index is 1410. The smallest absolute Gasteiger partial charge is 0.264 e. The molecule has 1 amide bonds. The number of guanidine groups is 1. The third-order valence-corrected chi connectivity index (χ3v) is 7.02. The molecule has 186 valence electrons. The van der Waals surface area contributed by atoms with Gasteiger partial charge in [-0.3, -0.25) is 4.79 Å². The first-order valence-electron chi connectivity index (χ1n) is 10.9. The Morgan fingerprint density at radius 1 is 1.14 bits per heavy atom. The minimum Gasteiger partial charge on any atom is -0.497 e. The van der Waals surface area contributed by atoms with Gasteiger partial charge in [0.05, 0.1) is 24.3 Å². The molecule has 0 fully saturated rings. The summed E-state index contributed by atoms with van der Waals surface area (Å²) in [5, 5.41) is 6.41. The molecule has 9 nitrogen and oxygen atoms in total. The fraction of sp³-hybridized carbons (Fsp3) is 0.160. The van der Waals surface area contributed by atoms with Crippen molar-refractivity contribution in [3.63, 3.8) is 0 Å². The fourth-order valence-electron chi connectivity index (χ4n) is 3.74. The number of sulfonamides is 1. The highest BCUT2D eigenvalue weighted by Gasteiger charge is 2.33. The Morgan fingerprint density at radius 2 is 1.86 bits per heavy atom. The number of rotatable bonds is 7. The molecular weight excluding hydrogens is 502 g/mol. The Balaban J connectivity index is 1.74. The van der Waals surface area contributed by atoms with E-state index in [1.807, 2.05) is 54.6 Å². The molecule has 1 aliphatic rings. The summed E-state index contributed by atoms with van der Waals surface area (Å²) in [6.45, 7) is -0.145. The zero-order valence-corrected chi connectivity index (χ0v) is 20.9. The average Bonchev–Trinajstić information content (AvgIpc) is 3.32. The van der Waals surface area contributed by atoms with Crippen molar-refractivity contribution >= 4 is 39.2 Å². The van der Waals surface area contributed by atoms with Gasteiger partial charge >= 0.3 is 0 Å². The van der Waals surface area contributed by atoms with Crippen LogP contribution in [0, 0.1) is 0 Å². The number of hydrogen-bond acceptors (Lipinski definition) is 6. The molecule has 1 atom stereocenters. The monoisotopic (exact) mass is 525 g/mol. The first kappa shape index (κ1) is 25.2. The maximum atomic E-state index is 13.1. The second kappa shape index (κ2) is 10.8. The summed E-state index contributed by atoms with van der Waals surface area (Å²) in [6.07, 6.45) is 0. The average molecular weight is 526 g/mol. The van der Waals surface area contributed by atoms with E-state index in [1.165, 1.54) is 23.2 Å². The molecule has 0 saturated heterocycles. The Kier molecular flexibility index (Phi) is 7.56. The number of hydrazone groups is 1. The molecule has 3 aromatic carbocycles. The van der Waals surface area contributed by atoms with E-state index in [4.69, 9.17) is 27.2 Å². The molecule has 4 rings (SSSR count). The topological polar surface area (TPSA) is 126 Å². The number of aliphatic imine (C=N–C) groups is 1. The highest BCUT2D eigenvalue weighted by Crippen LogP contribution is 2.30. The van der Waals surface area contributed by atoms with Crippen LogP contribution < -0.4 is 15.2 Å². The van der Waals surface area contributed by atoms with Gasteiger partial charge in [0.25, 0.3) is 10.0 Å². The summed E-state index contributed by atoms with van der Waals surface area (Å²) in [5.74, 6) is -0.344. The van der Waals surface area contributed by atoms with E-state index in [-0.39, 0.29) is 28.3 Å². The minimum atomic E-state index is -4.09. The summed E-state index contributed by atoms with van der Waals surface area (Å²) >= 11 is 5.99. The van der Waals surface area contributed by atoms with Gasteiger partial charge in [-0.25, -0.2) is 23.1 Å². The molecule has 0 radical (unpaired) electrons. The molecule has 11 heteroatoms. The number of ether oxygens (including phenoxy) is 1. The molecule has 1 aliphatic heterocycles. The third kappa shape index (κ3) is 5.84. The van der Waals surface area contributed by atoms with Crippen molar-refractivity contribution in [3.05, 3.63) is 95.0 Å². The van der Waals surface area contributed by atoms with Gasteiger partial charge in [-0.1, -0.05) is 48.0 Å². The second-order valence-electron chi connectivity index (χ2n) is 7.93. The minimum absolute atomic E-state index is 0.0556. The van der Waals surface area contributed by atoms with Crippen molar-refractivity contribution < 1.29 is 17.9 Å². The first-order chi connectivity index (χ1) is 17.3. The van der Waals surface area contributed by atoms with Gasteiger partial charge in [-0.2, -0.15) is 5.10 Å². The lowest BCUT2D eigenvalue weighted by molar-refractivity contribution is -0.116. The van der Waals surface area contributed by atoms with Crippen LogP contribution in [0.25, 0.3) is 0 Å². The van der Waals surface area contributed by atoms with Gasteiger partial charge in [-0.05, 0) is 53.6 Å². The van der Waals surface area contributed by atoms with Gasteiger partial charge < -0.3 is 10.5 Å². The van der Waals surface area contributed by atoms with Crippen LogP contribution in [0.1, 0.15) is 17.0 Å². The maximum absolute atomic E-state index is 13.1. The molecule has 3 N–H and O–H groups in total. The van der Waals surface area contributed by atoms with E-state index in [1.54, 1.807) is 13.2 Å². The molecule has 0 saturated carbocycles. The second-order valence-corrected chi connectivity index (χ2v) is 10.0. The molecule has 1 heterocycles. The quantitative estimate of drug-likeness (QED) is 0.362. The summed E-state index contributed by atoms with van der Waals surface area (Å²) < 4.78 is 33.9. The largest absolute Gasteiger partial charge is 0.497 e. The molecule has 36 heavy (non-hydrogen) atoms. The highest BCUT2D eigenvalue weighted by molar-refractivity contribution is 7.90. The zero-order valence-electron chi connectivity index (χ0n) is 19.3. The highest BCUT2D eigenvalue weighted by atomic mass is 35.5. The van der Waals surface area contributed by atoms with Gasteiger partial charge in [0, 0.05) is 10.9 Å². The van der Waals surface area contributed by atoms with Crippen LogP contribution >= 0.6 is 11.6 Å². The van der Waals surface area contributed by atoms with Gasteiger partial charge in [0.1, 0.15) is 12.3 Å². The lowest BCUT2D eigenvalue weighted by Crippen LogP contribution is -2.42. The van der Waals surface area contributed by atoms with E-state index in [0.717, 1.165) is 11.1 Å². The van der Waals surface area contributed by atoms with E-state index in [0.29, 0.717) is 11.5 Å². The number of methoxy groups -OCH3 is 1. The number of nitrogens with one attached hydrogen (secondary N) is 1.